The summed E-state index contributed by atoms with van der Waals surface area (Å²) in [5, 5.41) is 21.9. The van der Waals surface area contributed by atoms with Gasteiger partial charge in [-0.1, -0.05) is 0 Å². The highest BCUT2D eigenvalue weighted by atomic mass is 16.5. The fourth-order valence-corrected chi connectivity index (χ4v) is 1.27. The Hall–Kier alpha value is -1.89. The predicted molar refractivity (Wildman–Crippen MR) is 51.8 cm³/mol. The van der Waals surface area contributed by atoms with Crippen LogP contribution >= 0.6 is 0 Å². The third kappa shape index (κ3) is 2.57. The molecular weight excluding hydrogens is 216 g/mol. The van der Waals surface area contributed by atoms with Gasteiger partial charge in [0.25, 0.3) is 0 Å². The average Bonchev–Trinajstić information content (AvgIpc) is 2.58. The van der Waals surface area contributed by atoms with Crippen LogP contribution in [0, 0.1) is 0 Å². The standard InChI is InChI=1S/C9H12N2O5/c1-11-6(7(12)4-8(13)14)3-5(10-11)9(15)16-2/h3,7,12H,4H2,1-2H3,(H,13,14)/t7-/m1/s1. The normalized spacial score (nSPS) is 12.2. The second-order valence-electron chi connectivity index (χ2n) is 3.18. The maximum absolute atomic E-state index is 11.1. The number of carbonyl (C=O) groups is 2. The van der Waals surface area contributed by atoms with E-state index in [-0.39, 0.29) is 11.4 Å². The first kappa shape index (κ1) is 12.2. The van der Waals surface area contributed by atoms with Crippen molar-refractivity contribution < 1.29 is 24.5 Å². The van der Waals surface area contributed by atoms with Crippen LogP contribution in [0.15, 0.2) is 6.07 Å². The Morgan fingerprint density at radius 2 is 2.25 bits per heavy atom. The van der Waals surface area contributed by atoms with Gasteiger partial charge < -0.3 is 14.9 Å². The van der Waals surface area contributed by atoms with E-state index < -0.39 is 24.5 Å². The largest absolute Gasteiger partial charge is 0.481 e. The maximum atomic E-state index is 11.1. The number of carboxylic acid groups (broad SMARTS) is 1. The predicted octanol–water partition coefficient (Wildman–Crippen LogP) is -0.285. The van der Waals surface area contributed by atoms with E-state index in [1.165, 1.54) is 24.9 Å². The van der Waals surface area contributed by atoms with Crippen LogP contribution in [0.25, 0.3) is 0 Å². The smallest absolute Gasteiger partial charge is 0.358 e. The van der Waals surface area contributed by atoms with Crippen LogP contribution in [0.2, 0.25) is 0 Å². The molecule has 0 aromatic carbocycles. The summed E-state index contributed by atoms with van der Waals surface area (Å²) in [5.41, 5.74) is 0.284. The molecule has 1 rings (SSSR count). The molecule has 1 aromatic heterocycles. The number of ether oxygens (including phenoxy) is 1. The van der Waals surface area contributed by atoms with E-state index in [4.69, 9.17) is 5.11 Å². The molecule has 0 spiro atoms. The van der Waals surface area contributed by atoms with Gasteiger partial charge in [-0.3, -0.25) is 9.48 Å². The van der Waals surface area contributed by atoms with E-state index >= 15 is 0 Å². The lowest BCUT2D eigenvalue weighted by Gasteiger charge is -2.06. The van der Waals surface area contributed by atoms with Crippen molar-refractivity contribution in [3.63, 3.8) is 0 Å². The minimum Gasteiger partial charge on any atom is -0.481 e. The first-order chi connectivity index (χ1) is 7.45. The molecule has 0 unspecified atom stereocenters. The number of rotatable bonds is 4. The lowest BCUT2D eigenvalue weighted by molar-refractivity contribution is -0.139. The molecule has 0 aliphatic carbocycles. The van der Waals surface area contributed by atoms with E-state index in [2.05, 4.69) is 9.84 Å². The van der Waals surface area contributed by atoms with Crippen LogP contribution in [0.3, 0.4) is 0 Å². The summed E-state index contributed by atoms with van der Waals surface area (Å²) in [6.07, 6.45) is -1.64. The Morgan fingerprint density at radius 1 is 1.62 bits per heavy atom. The number of nitrogens with zero attached hydrogens (tertiary/aromatic N) is 2. The van der Waals surface area contributed by atoms with E-state index in [1.807, 2.05) is 0 Å². The van der Waals surface area contributed by atoms with Crippen molar-refractivity contribution in [2.24, 2.45) is 7.05 Å². The van der Waals surface area contributed by atoms with Crippen molar-refractivity contribution in [1.82, 2.24) is 9.78 Å². The van der Waals surface area contributed by atoms with Crippen molar-refractivity contribution in [1.29, 1.82) is 0 Å². The number of aliphatic hydroxyl groups is 1. The summed E-state index contributed by atoms with van der Waals surface area (Å²) in [4.78, 5) is 21.5. The quantitative estimate of drug-likeness (QED) is 0.687. The van der Waals surface area contributed by atoms with E-state index in [0.717, 1.165) is 0 Å². The molecule has 0 saturated heterocycles. The van der Waals surface area contributed by atoms with E-state index in [0.29, 0.717) is 0 Å². The van der Waals surface area contributed by atoms with Crippen molar-refractivity contribution in [3.05, 3.63) is 17.5 Å². The SMILES string of the molecule is COC(=O)c1cc([C@H](O)CC(=O)O)n(C)n1. The highest BCUT2D eigenvalue weighted by molar-refractivity contribution is 5.87. The van der Waals surface area contributed by atoms with Crippen LogP contribution in [-0.4, -0.2) is 39.0 Å². The fourth-order valence-electron chi connectivity index (χ4n) is 1.27. The molecule has 7 heteroatoms. The number of hydrogen-bond acceptors (Lipinski definition) is 5. The molecular formula is C9H12N2O5. The van der Waals surface area contributed by atoms with Gasteiger partial charge in [-0.2, -0.15) is 5.10 Å². The molecule has 16 heavy (non-hydrogen) atoms. The number of esters is 1. The third-order valence-corrected chi connectivity index (χ3v) is 2.02. The number of aliphatic carboxylic acids is 1. The van der Waals surface area contributed by atoms with Gasteiger partial charge in [-0.05, 0) is 6.07 Å². The van der Waals surface area contributed by atoms with E-state index in [9.17, 15) is 14.7 Å². The van der Waals surface area contributed by atoms with Gasteiger partial charge in [-0.15, -0.1) is 0 Å². The summed E-state index contributed by atoms with van der Waals surface area (Å²) in [7, 11) is 2.72. The summed E-state index contributed by atoms with van der Waals surface area (Å²) in [5.74, 6) is -1.77. The lowest BCUT2D eigenvalue weighted by atomic mass is 10.2. The van der Waals surface area contributed by atoms with Gasteiger partial charge in [0, 0.05) is 7.05 Å². The van der Waals surface area contributed by atoms with Crippen molar-refractivity contribution >= 4 is 11.9 Å². The van der Waals surface area contributed by atoms with Crippen molar-refractivity contribution in [2.75, 3.05) is 7.11 Å². The molecule has 0 saturated carbocycles. The molecule has 0 aliphatic heterocycles. The van der Waals surface area contributed by atoms with Crippen LogP contribution in [0.1, 0.15) is 28.7 Å². The maximum Gasteiger partial charge on any atom is 0.358 e. The van der Waals surface area contributed by atoms with Crippen LogP contribution < -0.4 is 0 Å². The highest BCUT2D eigenvalue weighted by Crippen LogP contribution is 2.17. The summed E-state index contributed by atoms with van der Waals surface area (Å²) >= 11 is 0. The second-order valence-corrected chi connectivity index (χ2v) is 3.18. The number of carboxylic acids is 1. The Morgan fingerprint density at radius 3 is 2.75 bits per heavy atom. The van der Waals surface area contributed by atoms with Crippen LogP contribution in [0.5, 0.6) is 0 Å². The number of methoxy groups -OCH3 is 1. The third-order valence-electron chi connectivity index (χ3n) is 2.02. The Kier molecular flexibility index (Phi) is 3.62. The molecule has 1 aromatic rings. The van der Waals surface area contributed by atoms with Crippen LogP contribution in [-0.2, 0) is 16.6 Å². The zero-order valence-electron chi connectivity index (χ0n) is 8.88. The van der Waals surface area contributed by atoms with Crippen LogP contribution in [0.4, 0.5) is 0 Å². The monoisotopic (exact) mass is 228 g/mol. The first-order valence-electron chi connectivity index (χ1n) is 4.47. The number of carbonyl (C=O) groups excluding carboxylic acids is 1. The molecule has 0 radical (unpaired) electrons. The molecule has 7 nitrogen and oxygen atoms in total. The van der Waals surface area contributed by atoms with Gasteiger partial charge >= 0.3 is 11.9 Å². The molecule has 1 atom stereocenters. The molecule has 2 N–H and O–H groups in total. The summed E-state index contributed by atoms with van der Waals surface area (Å²) in [6.45, 7) is 0. The van der Waals surface area contributed by atoms with Gasteiger partial charge in [0.15, 0.2) is 5.69 Å². The molecule has 0 bridgehead atoms. The van der Waals surface area contributed by atoms with E-state index in [1.54, 1.807) is 0 Å². The fraction of sp³-hybridized carbons (Fsp3) is 0.444. The number of aliphatic hydroxyl groups excluding tert-OH is 1. The van der Waals surface area contributed by atoms with Gasteiger partial charge in [0.2, 0.25) is 0 Å². The minimum absolute atomic E-state index is 0.0319. The second kappa shape index (κ2) is 4.75. The molecule has 0 fully saturated rings. The minimum atomic E-state index is -1.20. The van der Waals surface area contributed by atoms with Gasteiger partial charge in [0.05, 0.1) is 19.2 Å². The highest BCUT2D eigenvalue weighted by Gasteiger charge is 2.20. The Balaban J connectivity index is 2.93. The Labute approximate surface area is 91.3 Å². The van der Waals surface area contributed by atoms with Gasteiger partial charge in [0.1, 0.15) is 6.10 Å². The van der Waals surface area contributed by atoms with Crippen molar-refractivity contribution in [3.8, 4) is 0 Å². The zero-order chi connectivity index (χ0) is 12.3. The molecule has 88 valence electrons. The topological polar surface area (TPSA) is 102 Å². The lowest BCUT2D eigenvalue weighted by Crippen LogP contribution is -2.09. The average molecular weight is 228 g/mol. The van der Waals surface area contributed by atoms with Gasteiger partial charge in [-0.25, -0.2) is 4.79 Å². The zero-order valence-corrected chi connectivity index (χ0v) is 8.88. The Bertz CT molecular complexity index is 412. The number of aromatic nitrogens is 2. The number of aryl methyl sites for hydroxylation is 1. The first-order valence-corrected chi connectivity index (χ1v) is 4.47. The summed E-state index contributed by atoms with van der Waals surface area (Å²) < 4.78 is 5.70. The van der Waals surface area contributed by atoms with Crippen molar-refractivity contribution in [2.45, 2.75) is 12.5 Å². The number of hydrogen-bond donors (Lipinski definition) is 2. The molecule has 1 heterocycles. The molecule has 0 aliphatic rings. The summed E-state index contributed by atoms with van der Waals surface area (Å²) in [6, 6.07) is 1.30. The molecule has 0 amide bonds.